The Morgan fingerprint density at radius 1 is 1.08 bits per heavy atom. The molecule has 2 rings (SSSR count). The standard InChI is InChI=1S/C23H34O3/c1-5-8-10-26-11-9-17-14-20(24)23(21(25)15-17)22-18(6-2)12-16(4)13-19(22)7-3/h12-13,17,24H,5-11,14-15H2,1-4H3. The number of ketones is 1. The molecule has 0 saturated heterocycles. The lowest BCUT2D eigenvalue weighted by atomic mass is 9.79. The van der Waals surface area contributed by atoms with Crippen molar-refractivity contribution in [3.63, 3.8) is 0 Å². The largest absolute Gasteiger partial charge is 0.512 e. The van der Waals surface area contributed by atoms with Crippen LogP contribution in [0.25, 0.3) is 5.57 Å². The van der Waals surface area contributed by atoms with E-state index in [1.165, 1.54) is 5.56 Å². The van der Waals surface area contributed by atoms with E-state index in [9.17, 15) is 9.90 Å². The lowest BCUT2D eigenvalue weighted by Gasteiger charge is -2.26. The second-order valence-electron chi connectivity index (χ2n) is 7.44. The van der Waals surface area contributed by atoms with Crippen LogP contribution in [-0.4, -0.2) is 24.1 Å². The van der Waals surface area contributed by atoms with Gasteiger partial charge >= 0.3 is 0 Å². The van der Waals surface area contributed by atoms with Crippen molar-refractivity contribution in [2.75, 3.05) is 13.2 Å². The number of benzene rings is 1. The summed E-state index contributed by atoms with van der Waals surface area (Å²) < 4.78 is 5.64. The van der Waals surface area contributed by atoms with Crippen LogP contribution in [0.2, 0.25) is 0 Å². The van der Waals surface area contributed by atoms with E-state index < -0.39 is 0 Å². The number of allylic oxidation sites excluding steroid dienone is 2. The quantitative estimate of drug-likeness (QED) is 0.587. The molecule has 0 heterocycles. The third kappa shape index (κ3) is 4.97. The van der Waals surface area contributed by atoms with Crippen LogP contribution in [0, 0.1) is 12.8 Å². The van der Waals surface area contributed by atoms with Crippen LogP contribution < -0.4 is 0 Å². The molecule has 1 atom stereocenters. The van der Waals surface area contributed by atoms with Crippen LogP contribution in [0.3, 0.4) is 0 Å². The molecule has 0 amide bonds. The summed E-state index contributed by atoms with van der Waals surface area (Å²) in [5.41, 5.74) is 5.10. The van der Waals surface area contributed by atoms with E-state index in [-0.39, 0.29) is 17.5 Å². The third-order valence-corrected chi connectivity index (χ3v) is 5.29. The average Bonchev–Trinajstić information content (AvgIpc) is 2.61. The molecule has 144 valence electrons. The Morgan fingerprint density at radius 3 is 2.27 bits per heavy atom. The number of hydrogen-bond donors (Lipinski definition) is 1. The SMILES string of the molecule is CCCCOCCC1CC(=O)C(c2c(CC)cc(C)cc2CC)=C(O)C1. The van der Waals surface area contributed by atoms with Crippen LogP contribution in [0.1, 0.15) is 75.1 Å². The molecule has 1 unspecified atom stereocenters. The summed E-state index contributed by atoms with van der Waals surface area (Å²) in [6.07, 6.45) is 5.86. The third-order valence-electron chi connectivity index (χ3n) is 5.29. The highest BCUT2D eigenvalue weighted by Gasteiger charge is 2.30. The summed E-state index contributed by atoms with van der Waals surface area (Å²) in [7, 11) is 0. The second-order valence-corrected chi connectivity index (χ2v) is 7.44. The maximum atomic E-state index is 12.9. The first-order chi connectivity index (χ1) is 12.5. The molecule has 26 heavy (non-hydrogen) atoms. The molecule has 0 radical (unpaired) electrons. The van der Waals surface area contributed by atoms with Crippen molar-refractivity contribution in [2.45, 2.75) is 72.6 Å². The highest BCUT2D eigenvalue weighted by Crippen LogP contribution is 2.37. The molecular formula is C23H34O3. The van der Waals surface area contributed by atoms with Crippen LogP contribution in [0.4, 0.5) is 0 Å². The van der Waals surface area contributed by atoms with E-state index >= 15 is 0 Å². The van der Waals surface area contributed by atoms with Crippen molar-refractivity contribution >= 4 is 11.4 Å². The van der Waals surface area contributed by atoms with Crippen molar-refractivity contribution in [3.05, 3.63) is 40.1 Å². The molecule has 1 aliphatic rings. The molecule has 0 fully saturated rings. The monoisotopic (exact) mass is 358 g/mol. The van der Waals surface area contributed by atoms with Gasteiger partial charge in [0.25, 0.3) is 0 Å². The molecule has 0 aliphatic heterocycles. The number of unbranched alkanes of at least 4 members (excludes halogenated alkanes) is 1. The Kier molecular flexibility index (Phi) is 7.89. The van der Waals surface area contributed by atoms with Gasteiger partial charge in [-0.25, -0.2) is 0 Å². The van der Waals surface area contributed by atoms with Gasteiger partial charge in [-0.1, -0.05) is 44.9 Å². The van der Waals surface area contributed by atoms with Crippen LogP contribution in [0.15, 0.2) is 17.9 Å². The summed E-state index contributed by atoms with van der Waals surface area (Å²) in [5.74, 6) is 0.544. The van der Waals surface area contributed by atoms with E-state index in [1.54, 1.807) is 0 Å². The molecule has 1 aliphatic carbocycles. The highest BCUT2D eigenvalue weighted by molar-refractivity contribution is 6.22. The summed E-state index contributed by atoms with van der Waals surface area (Å²) >= 11 is 0. The van der Waals surface area contributed by atoms with Gasteiger partial charge in [0.05, 0.1) is 5.57 Å². The smallest absolute Gasteiger partial charge is 0.167 e. The van der Waals surface area contributed by atoms with E-state index in [2.05, 4.69) is 39.8 Å². The zero-order chi connectivity index (χ0) is 19.1. The molecule has 1 N–H and O–H groups in total. The summed E-state index contributed by atoms with van der Waals surface area (Å²) in [5, 5.41) is 10.7. The Labute approximate surface area is 158 Å². The fraction of sp³-hybridized carbons (Fsp3) is 0.609. The lowest BCUT2D eigenvalue weighted by molar-refractivity contribution is -0.115. The normalized spacial score (nSPS) is 17.8. The minimum Gasteiger partial charge on any atom is -0.512 e. The number of Topliss-reactive ketones (excluding diaryl/α,β-unsaturated/α-hetero) is 1. The maximum Gasteiger partial charge on any atom is 0.167 e. The topological polar surface area (TPSA) is 46.5 Å². The van der Waals surface area contributed by atoms with Crippen molar-refractivity contribution in [1.29, 1.82) is 0 Å². The molecule has 0 aromatic heterocycles. The first-order valence-corrected chi connectivity index (χ1v) is 10.2. The van der Waals surface area contributed by atoms with Crippen molar-refractivity contribution in [3.8, 4) is 0 Å². The number of hydrogen-bond acceptors (Lipinski definition) is 3. The lowest BCUT2D eigenvalue weighted by Crippen LogP contribution is -2.21. The minimum atomic E-state index is 0.0839. The highest BCUT2D eigenvalue weighted by atomic mass is 16.5. The van der Waals surface area contributed by atoms with Crippen molar-refractivity contribution < 1.29 is 14.6 Å². The molecule has 3 heteroatoms. The van der Waals surface area contributed by atoms with Crippen LogP contribution in [-0.2, 0) is 22.4 Å². The van der Waals surface area contributed by atoms with E-state index in [0.717, 1.165) is 55.4 Å². The number of carbonyl (C=O) groups excluding carboxylic acids is 1. The van der Waals surface area contributed by atoms with Gasteiger partial charge in [0.15, 0.2) is 5.78 Å². The molecule has 0 bridgehead atoms. The van der Waals surface area contributed by atoms with Crippen LogP contribution >= 0.6 is 0 Å². The Balaban J connectivity index is 2.20. The van der Waals surface area contributed by atoms with Crippen LogP contribution in [0.5, 0.6) is 0 Å². The molecule has 0 spiro atoms. The van der Waals surface area contributed by atoms with Gasteiger partial charge in [0, 0.05) is 26.1 Å². The molecule has 1 aromatic carbocycles. The Bertz CT molecular complexity index is 632. The van der Waals surface area contributed by atoms with E-state index in [0.29, 0.717) is 25.0 Å². The van der Waals surface area contributed by atoms with Crippen molar-refractivity contribution in [2.24, 2.45) is 5.92 Å². The number of aliphatic hydroxyl groups is 1. The van der Waals surface area contributed by atoms with Gasteiger partial charge in [0.1, 0.15) is 5.76 Å². The van der Waals surface area contributed by atoms with Gasteiger partial charge in [-0.05, 0) is 55.2 Å². The molecule has 0 saturated carbocycles. The number of aliphatic hydroxyl groups excluding tert-OH is 1. The Morgan fingerprint density at radius 2 is 1.73 bits per heavy atom. The first-order valence-electron chi connectivity index (χ1n) is 10.2. The summed E-state index contributed by atoms with van der Waals surface area (Å²) in [6, 6.07) is 4.30. The van der Waals surface area contributed by atoms with Gasteiger partial charge in [0.2, 0.25) is 0 Å². The minimum absolute atomic E-state index is 0.0839. The maximum absolute atomic E-state index is 12.9. The summed E-state index contributed by atoms with van der Waals surface area (Å²) in [6.45, 7) is 9.91. The predicted octanol–water partition coefficient (Wildman–Crippen LogP) is 5.57. The molecule has 3 nitrogen and oxygen atoms in total. The molecule has 1 aromatic rings. The summed E-state index contributed by atoms with van der Waals surface area (Å²) in [4.78, 5) is 12.9. The molecular weight excluding hydrogens is 324 g/mol. The van der Waals surface area contributed by atoms with E-state index in [4.69, 9.17) is 4.74 Å². The Hall–Kier alpha value is -1.61. The number of carbonyl (C=O) groups is 1. The fourth-order valence-corrected chi connectivity index (χ4v) is 3.88. The zero-order valence-electron chi connectivity index (χ0n) is 16.9. The number of rotatable bonds is 9. The van der Waals surface area contributed by atoms with Crippen molar-refractivity contribution in [1.82, 2.24) is 0 Å². The second kappa shape index (κ2) is 9.91. The average molecular weight is 359 g/mol. The van der Waals surface area contributed by atoms with Gasteiger partial charge in [-0.15, -0.1) is 0 Å². The van der Waals surface area contributed by atoms with E-state index in [1.807, 2.05) is 0 Å². The van der Waals surface area contributed by atoms with Gasteiger partial charge in [-0.3, -0.25) is 4.79 Å². The fourth-order valence-electron chi connectivity index (χ4n) is 3.88. The number of aryl methyl sites for hydroxylation is 3. The zero-order valence-corrected chi connectivity index (χ0v) is 16.9. The van der Waals surface area contributed by atoms with Gasteiger partial charge < -0.3 is 9.84 Å². The predicted molar refractivity (Wildman–Crippen MR) is 108 cm³/mol. The first kappa shape index (κ1) is 20.7. The number of ether oxygens (including phenoxy) is 1. The van der Waals surface area contributed by atoms with Gasteiger partial charge in [-0.2, -0.15) is 0 Å².